The van der Waals surface area contributed by atoms with E-state index in [-0.39, 0.29) is 24.6 Å². The molecule has 0 aromatic heterocycles. The third-order valence-electron chi connectivity index (χ3n) is 3.98. The molecule has 2 rings (SSSR count). The van der Waals surface area contributed by atoms with Crippen molar-refractivity contribution >= 4 is 17.3 Å². The molecule has 1 saturated heterocycles. The standard InChI is InChI=1S/C15H20F3N5O3/c1-21-6-8-22(9-7-21)20-14(24)4-5-19-12-3-2-11(15(16,17)18)10-13(12)23(25)26/h2-3,10,19H,4-9H2,1H3,(H,20,24). The first-order chi connectivity index (χ1) is 12.2. The lowest BCUT2D eigenvalue weighted by molar-refractivity contribution is -0.384. The maximum atomic E-state index is 12.7. The normalized spacial score (nSPS) is 16.3. The molecule has 1 heterocycles. The third-order valence-corrected chi connectivity index (χ3v) is 3.98. The molecule has 0 atom stereocenters. The Kier molecular flexibility index (Phi) is 6.37. The fourth-order valence-corrected chi connectivity index (χ4v) is 2.47. The van der Waals surface area contributed by atoms with Crippen LogP contribution in [0.4, 0.5) is 24.5 Å². The zero-order chi connectivity index (χ0) is 19.3. The van der Waals surface area contributed by atoms with Crippen molar-refractivity contribution in [2.75, 3.05) is 45.1 Å². The maximum Gasteiger partial charge on any atom is 0.416 e. The molecule has 1 aliphatic rings. The molecule has 0 saturated carbocycles. The number of nitrogens with one attached hydrogen (secondary N) is 2. The minimum atomic E-state index is -4.66. The number of hydrazine groups is 1. The first-order valence-electron chi connectivity index (χ1n) is 7.99. The predicted octanol–water partition coefficient (Wildman–Crippen LogP) is 1.69. The number of nitro groups is 1. The van der Waals surface area contributed by atoms with Crippen LogP contribution >= 0.6 is 0 Å². The lowest BCUT2D eigenvalue weighted by Gasteiger charge is -2.32. The zero-order valence-corrected chi connectivity index (χ0v) is 14.2. The number of benzene rings is 1. The molecule has 1 aromatic rings. The monoisotopic (exact) mass is 375 g/mol. The van der Waals surface area contributed by atoms with E-state index in [1.807, 2.05) is 7.05 Å². The van der Waals surface area contributed by atoms with E-state index in [0.717, 1.165) is 25.2 Å². The van der Waals surface area contributed by atoms with Gasteiger partial charge in [-0.15, -0.1) is 0 Å². The number of nitrogens with zero attached hydrogens (tertiary/aromatic N) is 3. The van der Waals surface area contributed by atoms with Gasteiger partial charge in [-0.1, -0.05) is 0 Å². The van der Waals surface area contributed by atoms with Gasteiger partial charge in [0.05, 0.1) is 10.5 Å². The number of amides is 1. The van der Waals surface area contributed by atoms with Gasteiger partial charge >= 0.3 is 6.18 Å². The number of anilines is 1. The summed E-state index contributed by atoms with van der Waals surface area (Å²) in [6.45, 7) is 3.11. The smallest absolute Gasteiger partial charge is 0.379 e. The molecule has 0 spiro atoms. The largest absolute Gasteiger partial charge is 0.416 e. The van der Waals surface area contributed by atoms with Crippen LogP contribution < -0.4 is 10.7 Å². The van der Waals surface area contributed by atoms with E-state index in [9.17, 15) is 28.1 Å². The average Bonchev–Trinajstić information content (AvgIpc) is 2.56. The van der Waals surface area contributed by atoms with Crippen LogP contribution in [0.15, 0.2) is 18.2 Å². The summed E-state index contributed by atoms with van der Waals surface area (Å²) in [6, 6.07) is 2.24. The van der Waals surface area contributed by atoms with Crippen molar-refractivity contribution in [1.82, 2.24) is 15.3 Å². The molecule has 11 heteroatoms. The van der Waals surface area contributed by atoms with Crippen LogP contribution in [0.2, 0.25) is 0 Å². The second-order valence-electron chi connectivity index (χ2n) is 5.99. The Morgan fingerprint density at radius 1 is 1.27 bits per heavy atom. The van der Waals surface area contributed by atoms with E-state index in [4.69, 9.17) is 0 Å². The number of rotatable bonds is 6. The molecule has 0 unspecified atom stereocenters. The molecule has 1 amide bonds. The fourth-order valence-electron chi connectivity index (χ4n) is 2.47. The van der Waals surface area contributed by atoms with Gasteiger partial charge in [0, 0.05) is 45.2 Å². The Morgan fingerprint density at radius 2 is 1.92 bits per heavy atom. The Morgan fingerprint density at radius 3 is 2.50 bits per heavy atom. The number of nitro benzene ring substituents is 1. The molecular formula is C15H20F3N5O3. The van der Waals surface area contributed by atoms with E-state index in [0.29, 0.717) is 19.2 Å². The molecule has 8 nitrogen and oxygen atoms in total. The number of carbonyl (C=O) groups excluding carboxylic acids is 1. The van der Waals surface area contributed by atoms with Gasteiger partial charge in [0.1, 0.15) is 5.69 Å². The Balaban J connectivity index is 1.88. The van der Waals surface area contributed by atoms with Crippen LogP contribution in [0, 0.1) is 10.1 Å². The minimum Gasteiger partial charge on any atom is -0.379 e. The molecule has 0 bridgehead atoms. The summed E-state index contributed by atoms with van der Waals surface area (Å²) in [5.74, 6) is -0.267. The van der Waals surface area contributed by atoms with Crippen LogP contribution in [0.1, 0.15) is 12.0 Å². The summed E-state index contributed by atoms with van der Waals surface area (Å²) in [6.07, 6.45) is -4.63. The number of alkyl halides is 3. The van der Waals surface area contributed by atoms with Crippen molar-refractivity contribution < 1.29 is 22.9 Å². The Hall–Kier alpha value is -2.40. The number of halogens is 3. The molecule has 1 aliphatic heterocycles. The van der Waals surface area contributed by atoms with E-state index in [1.54, 1.807) is 5.01 Å². The SMILES string of the molecule is CN1CCN(NC(=O)CCNc2ccc(C(F)(F)F)cc2[N+](=O)[O-])CC1. The number of hydrogen-bond donors (Lipinski definition) is 2. The molecule has 26 heavy (non-hydrogen) atoms. The summed E-state index contributed by atoms with van der Waals surface area (Å²) in [5.41, 5.74) is 0.901. The molecule has 0 aliphatic carbocycles. The first-order valence-corrected chi connectivity index (χ1v) is 7.99. The Bertz CT molecular complexity index is 660. The summed E-state index contributed by atoms with van der Waals surface area (Å²) in [5, 5.41) is 15.4. The average molecular weight is 375 g/mol. The lowest BCUT2D eigenvalue weighted by atomic mass is 10.1. The fraction of sp³-hybridized carbons (Fsp3) is 0.533. The van der Waals surface area contributed by atoms with Crippen molar-refractivity contribution in [2.24, 2.45) is 0 Å². The highest BCUT2D eigenvalue weighted by atomic mass is 19.4. The molecule has 2 N–H and O–H groups in total. The molecular weight excluding hydrogens is 355 g/mol. The number of piperazine rings is 1. The van der Waals surface area contributed by atoms with Gasteiger partial charge in [-0.3, -0.25) is 20.3 Å². The highest BCUT2D eigenvalue weighted by Gasteiger charge is 2.33. The van der Waals surface area contributed by atoms with E-state index < -0.39 is 22.4 Å². The maximum absolute atomic E-state index is 12.7. The molecule has 1 aromatic carbocycles. The summed E-state index contributed by atoms with van der Waals surface area (Å²) in [4.78, 5) is 24.1. The van der Waals surface area contributed by atoms with Gasteiger partial charge in [0.2, 0.25) is 5.91 Å². The summed E-state index contributed by atoms with van der Waals surface area (Å²) in [7, 11) is 1.99. The van der Waals surface area contributed by atoms with E-state index in [2.05, 4.69) is 15.6 Å². The van der Waals surface area contributed by atoms with Gasteiger partial charge in [-0.25, -0.2) is 5.01 Å². The van der Waals surface area contributed by atoms with Crippen LogP contribution in [0.3, 0.4) is 0 Å². The summed E-state index contributed by atoms with van der Waals surface area (Å²) < 4.78 is 38.0. The van der Waals surface area contributed by atoms with E-state index >= 15 is 0 Å². The second-order valence-corrected chi connectivity index (χ2v) is 5.99. The number of hydrogen-bond acceptors (Lipinski definition) is 6. The molecule has 144 valence electrons. The minimum absolute atomic E-state index is 0.0323. The lowest BCUT2D eigenvalue weighted by Crippen LogP contribution is -2.52. The third kappa shape index (κ3) is 5.56. The highest BCUT2D eigenvalue weighted by Crippen LogP contribution is 2.34. The van der Waals surface area contributed by atoms with Gasteiger partial charge in [0.25, 0.3) is 5.69 Å². The van der Waals surface area contributed by atoms with Crippen molar-refractivity contribution in [1.29, 1.82) is 0 Å². The number of likely N-dealkylation sites (N-methyl/N-ethyl adjacent to an activating group) is 1. The quantitative estimate of drug-likeness (QED) is 0.581. The number of carbonyl (C=O) groups is 1. The van der Waals surface area contributed by atoms with Crippen molar-refractivity contribution in [3.63, 3.8) is 0 Å². The van der Waals surface area contributed by atoms with Gasteiger partial charge in [-0.2, -0.15) is 13.2 Å². The molecule has 1 fully saturated rings. The van der Waals surface area contributed by atoms with Gasteiger partial charge < -0.3 is 10.2 Å². The second kappa shape index (κ2) is 8.32. The first kappa shape index (κ1) is 19.9. The van der Waals surface area contributed by atoms with Crippen molar-refractivity contribution in [3.8, 4) is 0 Å². The van der Waals surface area contributed by atoms with Crippen LogP contribution in [0.25, 0.3) is 0 Å². The van der Waals surface area contributed by atoms with Crippen LogP contribution in [0.5, 0.6) is 0 Å². The van der Waals surface area contributed by atoms with Gasteiger partial charge in [0.15, 0.2) is 0 Å². The van der Waals surface area contributed by atoms with Crippen molar-refractivity contribution in [2.45, 2.75) is 12.6 Å². The Labute approximate surface area is 148 Å². The summed E-state index contributed by atoms with van der Waals surface area (Å²) >= 11 is 0. The van der Waals surface area contributed by atoms with E-state index in [1.165, 1.54) is 0 Å². The van der Waals surface area contributed by atoms with Gasteiger partial charge in [-0.05, 0) is 19.2 Å². The van der Waals surface area contributed by atoms with Crippen molar-refractivity contribution in [3.05, 3.63) is 33.9 Å². The zero-order valence-electron chi connectivity index (χ0n) is 14.2. The predicted molar refractivity (Wildman–Crippen MR) is 88.4 cm³/mol. The highest BCUT2D eigenvalue weighted by molar-refractivity contribution is 5.76. The van der Waals surface area contributed by atoms with Crippen LogP contribution in [-0.2, 0) is 11.0 Å². The topological polar surface area (TPSA) is 90.8 Å². The molecule has 0 radical (unpaired) electrons. The van der Waals surface area contributed by atoms with Crippen LogP contribution in [-0.4, -0.2) is 60.5 Å².